The number of benzene rings is 3. The van der Waals surface area contributed by atoms with Crippen molar-refractivity contribution in [1.29, 1.82) is 0 Å². The summed E-state index contributed by atoms with van der Waals surface area (Å²) < 4.78 is 45.8. The van der Waals surface area contributed by atoms with E-state index in [1.54, 1.807) is 24.3 Å². The third-order valence-corrected chi connectivity index (χ3v) is 5.57. The zero-order chi connectivity index (χ0) is 21.0. The minimum atomic E-state index is -4.02. The summed E-state index contributed by atoms with van der Waals surface area (Å²) in [5, 5.41) is 3.05. The predicted molar refractivity (Wildman–Crippen MR) is 110 cm³/mol. The lowest BCUT2D eigenvalue weighted by Gasteiger charge is -2.14. The number of ether oxygens (including phenoxy) is 1. The molecule has 0 saturated heterocycles. The van der Waals surface area contributed by atoms with Crippen molar-refractivity contribution in [3.05, 3.63) is 83.1 Å². The van der Waals surface area contributed by atoms with Gasteiger partial charge in [0, 0.05) is 5.02 Å². The van der Waals surface area contributed by atoms with Gasteiger partial charge in [0.1, 0.15) is 11.6 Å². The average Bonchev–Trinajstić information content (AvgIpc) is 2.68. The van der Waals surface area contributed by atoms with E-state index in [1.165, 1.54) is 25.3 Å². The van der Waals surface area contributed by atoms with Gasteiger partial charge in [-0.05, 0) is 54.6 Å². The van der Waals surface area contributed by atoms with E-state index >= 15 is 0 Å². The molecule has 0 aliphatic heterocycles. The second-order valence-corrected chi connectivity index (χ2v) is 8.02. The van der Waals surface area contributed by atoms with Crippen LogP contribution in [-0.2, 0) is 10.0 Å². The number of anilines is 2. The first kappa shape index (κ1) is 20.6. The fourth-order valence-electron chi connectivity index (χ4n) is 2.56. The molecule has 0 bridgehead atoms. The third-order valence-electron chi connectivity index (χ3n) is 3.95. The van der Waals surface area contributed by atoms with Crippen molar-refractivity contribution in [3.8, 4) is 5.75 Å². The largest absolute Gasteiger partial charge is 0.495 e. The van der Waals surface area contributed by atoms with Crippen molar-refractivity contribution in [2.24, 2.45) is 0 Å². The van der Waals surface area contributed by atoms with E-state index < -0.39 is 21.7 Å². The van der Waals surface area contributed by atoms with Gasteiger partial charge in [0.15, 0.2) is 0 Å². The van der Waals surface area contributed by atoms with Crippen molar-refractivity contribution < 1.29 is 22.3 Å². The molecule has 0 aliphatic carbocycles. The molecule has 0 spiro atoms. The molecule has 0 aromatic heterocycles. The number of halogens is 2. The van der Waals surface area contributed by atoms with Gasteiger partial charge < -0.3 is 10.1 Å². The molecule has 9 heteroatoms. The molecule has 0 aliphatic rings. The Balaban J connectivity index is 1.90. The maximum absolute atomic E-state index is 13.1. The maximum atomic E-state index is 13.1. The zero-order valence-electron chi connectivity index (χ0n) is 15.1. The predicted octanol–water partition coefficient (Wildman–Crippen LogP) is 4.54. The minimum absolute atomic E-state index is 0.0651. The molecule has 0 atom stereocenters. The summed E-state index contributed by atoms with van der Waals surface area (Å²) in [5.74, 6) is -0.728. The van der Waals surface area contributed by atoms with Crippen molar-refractivity contribution in [1.82, 2.24) is 0 Å². The number of sulfonamides is 1. The van der Waals surface area contributed by atoms with Crippen molar-refractivity contribution >= 4 is 38.9 Å². The Bertz CT molecular complexity index is 1150. The number of amides is 1. The molecule has 6 nitrogen and oxygen atoms in total. The van der Waals surface area contributed by atoms with Crippen LogP contribution in [0.5, 0.6) is 5.75 Å². The van der Waals surface area contributed by atoms with Crippen molar-refractivity contribution in [2.75, 3.05) is 17.1 Å². The average molecular weight is 435 g/mol. The van der Waals surface area contributed by atoms with Crippen molar-refractivity contribution in [2.45, 2.75) is 4.90 Å². The first-order valence-electron chi connectivity index (χ1n) is 8.32. The number of carbonyl (C=O) groups is 1. The molecule has 0 saturated carbocycles. The molecule has 3 rings (SSSR count). The Hall–Kier alpha value is -3.10. The quantitative estimate of drug-likeness (QED) is 0.596. The summed E-state index contributed by atoms with van der Waals surface area (Å²) in [4.78, 5) is 12.7. The molecule has 29 heavy (non-hydrogen) atoms. The van der Waals surface area contributed by atoms with Gasteiger partial charge in [-0.1, -0.05) is 23.7 Å². The Labute approximate surface area is 172 Å². The number of rotatable bonds is 6. The van der Waals surface area contributed by atoms with Crippen LogP contribution in [0.25, 0.3) is 0 Å². The van der Waals surface area contributed by atoms with Gasteiger partial charge in [-0.15, -0.1) is 0 Å². The zero-order valence-corrected chi connectivity index (χ0v) is 16.7. The van der Waals surface area contributed by atoms with Gasteiger partial charge in [0.2, 0.25) is 0 Å². The molecule has 150 valence electrons. The molecule has 0 heterocycles. The summed E-state index contributed by atoms with van der Waals surface area (Å²) in [7, 11) is -2.57. The number of hydrogen-bond donors (Lipinski definition) is 2. The second kappa shape index (κ2) is 8.50. The normalized spacial score (nSPS) is 11.0. The van der Waals surface area contributed by atoms with E-state index in [0.717, 1.165) is 24.3 Å². The highest BCUT2D eigenvalue weighted by Crippen LogP contribution is 2.29. The Kier molecular flexibility index (Phi) is 6.05. The van der Waals surface area contributed by atoms with Gasteiger partial charge >= 0.3 is 0 Å². The summed E-state index contributed by atoms with van der Waals surface area (Å²) in [6, 6.07) is 15.2. The summed E-state index contributed by atoms with van der Waals surface area (Å²) in [5.41, 5.74) is 0.483. The molecule has 0 unspecified atom stereocenters. The highest BCUT2D eigenvalue weighted by Gasteiger charge is 2.19. The number of hydrogen-bond acceptors (Lipinski definition) is 4. The minimum Gasteiger partial charge on any atom is -0.495 e. The van der Waals surface area contributed by atoms with Gasteiger partial charge in [-0.25, -0.2) is 12.8 Å². The standard InChI is InChI=1S/C20H16ClFN2O4S/c1-28-19-11-6-13(21)12-18(19)23-20(25)16-4-2-3-5-17(16)24-29(26,27)15-9-7-14(22)8-10-15/h2-12,24H,1H3,(H,23,25). The first-order chi connectivity index (χ1) is 13.8. The fraction of sp³-hybridized carbons (Fsp3) is 0.0500. The SMILES string of the molecule is COc1ccc(Cl)cc1NC(=O)c1ccccc1NS(=O)(=O)c1ccc(F)cc1. The number of carbonyl (C=O) groups excluding carboxylic acids is 1. The molecule has 1 amide bonds. The van der Waals surface area contributed by atoms with Crippen LogP contribution in [0.3, 0.4) is 0 Å². The molecule has 0 fully saturated rings. The Morgan fingerprint density at radius 3 is 2.38 bits per heavy atom. The molecular formula is C20H16ClFN2O4S. The van der Waals surface area contributed by atoms with Gasteiger partial charge in [-0.2, -0.15) is 0 Å². The van der Waals surface area contributed by atoms with Crippen LogP contribution in [0.15, 0.2) is 71.6 Å². The van der Waals surface area contributed by atoms with Crippen LogP contribution in [0.2, 0.25) is 5.02 Å². The van der Waals surface area contributed by atoms with Crippen LogP contribution in [0, 0.1) is 5.82 Å². The molecule has 0 radical (unpaired) electrons. The number of methoxy groups -OCH3 is 1. The molecule has 2 N–H and O–H groups in total. The van der Waals surface area contributed by atoms with Gasteiger partial charge in [0.25, 0.3) is 15.9 Å². The fourth-order valence-corrected chi connectivity index (χ4v) is 3.81. The topological polar surface area (TPSA) is 84.5 Å². The van der Waals surface area contributed by atoms with E-state index in [4.69, 9.17) is 16.3 Å². The monoisotopic (exact) mass is 434 g/mol. The maximum Gasteiger partial charge on any atom is 0.261 e. The number of nitrogens with one attached hydrogen (secondary N) is 2. The van der Waals surface area contributed by atoms with Gasteiger partial charge in [0.05, 0.1) is 28.9 Å². The van der Waals surface area contributed by atoms with Crippen LogP contribution < -0.4 is 14.8 Å². The van der Waals surface area contributed by atoms with Crippen molar-refractivity contribution in [3.63, 3.8) is 0 Å². The van der Waals surface area contributed by atoms with E-state index in [9.17, 15) is 17.6 Å². The summed E-state index contributed by atoms with van der Waals surface area (Å²) >= 11 is 5.98. The Morgan fingerprint density at radius 2 is 1.69 bits per heavy atom. The van der Waals surface area contributed by atoms with Crippen LogP contribution >= 0.6 is 11.6 Å². The highest BCUT2D eigenvalue weighted by molar-refractivity contribution is 7.92. The highest BCUT2D eigenvalue weighted by atomic mass is 35.5. The third kappa shape index (κ3) is 4.85. The lowest BCUT2D eigenvalue weighted by atomic mass is 10.1. The lowest BCUT2D eigenvalue weighted by Crippen LogP contribution is -2.19. The summed E-state index contributed by atoms with van der Waals surface area (Å²) in [6.07, 6.45) is 0. The second-order valence-electron chi connectivity index (χ2n) is 5.90. The van der Waals surface area contributed by atoms with Crippen LogP contribution in [-0.4, -0.2) is 21.4 Å². The Morgan fingerprint density at radius 1 is 1.00 bits per heavy atom. The first-order valence-corrected chi connectivity index (χ1v) is 10.2. The molecule has 3 aromatic carbocycles. The lowest BCUT2D eigenvalue weighted by molar-refractivity contribution is 0.102. The van der Waals surface area contributed by atoms with E-state index in [-0.39, 0.29) is 16.1 Å². The van der Waals surface area contributed by atoms with E-state index in [2.05, 4.69) is 10.0 Å². The van der Waals surface area contributed by atoms with E-state index in [0.29, 0.717) is 16.5 Å². The molecular weight excluding hydrogens is 419 g/mol. The van der Waals surface area contributed by atoms with Crippen LogP contribution in [0.1, 0.15) is 10.4 Å². The number of para-hydroxylation sites is 1. The molecule has 3 aromatic rings. The smallest absolute Gasteiger partial charge is 0.261 e. The summed E-state index contributed by atoms with van der Waals surface area (Å²) in [6.45, 7) is 0. The van der Waals surface area contributed by atoms with Crippen LogP contribution in [0.4, 0.5) is 15.8 Å². The van der Waals surface area contributed by atoms with Gasteiger partial charge in [-0.3, -0.25) is 9.52 Å². The van der Waals surface area contributed by atoms with E-state index in [1.807, 2.05) is 0 Å².